The number of rotatable bonds is 0. The van der Waals surface area contributed by atoms with Crippen LogP contribution in [0.2, 0.25) is 0 Å². The minimum Gasteiger partial charge on any atom is -0.421 e. The summed E-state index contributed by atoms with van der Waals surface area (Å²) in [5.74, 6) is -0.590. The standard InChI is InChI=1S/C9H6F4O2.C8H6F2O2/c1-5-2-3-6-7(4-5)15-9(12,13)8(10,11)14-6;1-5-2-3-6-7(4-5)12-8(9,10)11-6/h2-4H,1H3;2-4H,1H3. The lowest BCUT2D eigenvalue weighted by atomic mass is 10.2. The van der Waals surface area contributed by atoms with E-state index in [9.17, 15) is 26.3 Å². The fraction of sp³-hybridized carbons (Fsp3) is 0.294. The second-order valence-corrected chi connectivity index (χ2v) is 5.81. The lowest BCUT2D eigenvalue weighted by molar-refractivity contribution is -0.391. The number of aryl methyl sites for hydroxylation is 2. The topological polar surface area (TPSA) is 36.9 Å². The van der Waals surface area contributed by atoms with E-state index in [4.69, 9.17) is 0 Å². The van der Waals surface area contributed by atoms with Crippen LogP contribution in [-0.4, -0.2) is 18.5 Å². The van der Waals surface area contributed by atoms with Crippen molar-refractivity contribution in [3.8, 4) is 23.0 Å². The van der Waals surface area contributed by atoms with Gasteiger partial charge in [-0.2, -0.15) is 17.6 Å². The van der Waals surface area contributed by atoms with Crippen molar-refractivity contribution < 1.29 is 45.3 Å². The van der Waals surface area contributed by atoms with Gasteiger partial charge in [0.25, 0.3) is 0 Å². The van der Waals surface area contributed by atoms with Crippen LogP contribution in [0, 0.1) is 13.8 Å². The highest BCUT2D eigenvalue weighted by Crippen LogP contribution is 2.47. The molecule has 27 heavy (non-hydrogen) atoms. The van der Waals surface area contributed by atoms with Crippen molar-refractivity contribution in [2.24, 2.45) is 0 Å². The van der Waals surface area contributed by atoms with Crippen molar-refractivity contribution in [3.05, 3.63) is 47.5 Å². The molecular weight excluding hydrogens is 382 g/mol. The summed E-state index contributed by atoms with van der Waals surface area (Å²) < 4.78 is 91.8. The Morgan fingerprint density at radius 1 is 0.556 bits per heavy atom. The van der Waals surface area contributed by atoms with E-state index in [1.54, 1.807) is 19.9 Å². The number of fused-ring (bicyclic) bond motifs is 2. The summed E-state index contributed by atoms with van der Waals surface area (Å²) in [5.41, 5.74) is 1.47. The Bertz CT molecular complexity index is 868. The van der Waals surface area contributed by atoms with Gasteiger partial charge in [-0.25, -0.2) is 0 Å². The molecule has 0 aliphatic carbocycles. The van der Waals surface area contributed by atoms with E-state index in [2.05, 4.69) is 18.9 Å². The van der Waals surface area contributed by atoms with Gasteiger partial charge in [0, 0.05) is 0 Å². The Morgan fingerprint density at radius 3 is 1.44 bits per heavy atom. The average molecular weight is 394 g/mol. The molecular formula is C17H12F6O4. The molecule has 0 saturated heterocycles. The maximum atomic E-state index is 12.7. The zero-order valence-electron chi connectivity index (χ0n) is 13.9. The SMILES string of the molecule is Cc1ccc2c(c1)OC(F)(F)C(F)(F)O2.Cc1ccc2c(c1)OC(F)(F)O2. The molecule has 2 aromatic rings. The normalized spacial score (nSPS) is 19.7. The molecule has 2 aliphatic heterocycles. The number of ether oxygens (including phenoxy) is 4. The maximum Gasteiger partial charge on any atom is 0.586 e. The van der Waals surface area contributed by atoms with E-state index in [0.717, 1.165) is 11.6 Å². The molecule has 0 N–H and O–H groups in total. The molecule has 0 bridgehead atoms. The molecule has 2 aliphatic rings. The molecule has 2 aromatic carbocycles. The van der Waals surface area contributed by atoms with Gasteiger partial charge in [-0.3, -0.25) is 0 Å². The molecule has 2 heterocycles. The lowest BCUT2D eigenvalue weighted by Gasteiger charge is -2.31. The minimum absolute atomic E-state index is 0.0885. The van der Waals surface area contributed by atoms with Gasteiger partial charge >= 0.3 is 18.5 Å². The van der Waals surface area contributed by atoms with Gasteiger partial charge in [-0.05, 0) is 49.2 Å². The first-order valence-corrected chi connectivity index (χ1v) is 7.49. The van der Waals surface area contributed by atoms with Crippen LogP contribution in [0.15, 0.2) is 36.4 Å². The molecule has 0 radical (unpaired) electrons. The van der Waals surface area contributed by atoms with Crippen molar-refractivity contribution in [1.82, 2.24) is 0 Å². The predicted molar refractivity (Wildman–Crippen MR) is 79.7 cm³/mol. The number of halogens is 6. The molecule has 4 rings (SSSR count). The summed E-state index contributed by atoms with van der Waals surface area (Å²) in [6, 6.07) is 8.49. The summed E-state index contributed by atoms with van der Waals surface area (Å²) in [6.07, 6.45) is -12.8. The van der Waals surface area contributed by atoms with Crippen LogP contribution in [0.5, 0.6) is 23.0 Å². The van der Waals surface area contributed by atoms with Crippen LogP contribution in [0.25, 0.3) is 0 Å². The third-order valence-electron chi connectivity index (χ3n) is 3.47. The van der Waals surface area contributed by atoms with Gasteiger partial charge in [0.05, 0.1) is 0 Å². The van der Waals surface area contributed by atoms with E-state index in [0.29, 0.717) is 5.56 Å². The molecule has 0 aromatic heterocycles. The van der Waals surface area contributed by atoms with Gasteiger partial charge in [0.2, 0.25) is 0 Å². The first kappa shape index (κ1) is 19.0. The van der Waals surface area contributed by atoms with Crippen LogP contribution >= 0.6 is 0 Å². The summed E-state index contributed by atoms with van der Waals surface area (Å²) in [7, 11) is 0. The largest absolute Gasteiger partial charge is 0.586 e. The molecule has 10 heteroatoms. The Labute approximate surface area is 149 Å². The minimum atomic E-state index is -4.65. The summed E-state index contributed by atoms with van der Waals surface area (Å²) in [4.78, 5) is 0. The maximum absolute atomic E-state index is 12.7. The van der Waals surface area contributed by atoms with Crippen molar-refractivity contribution in [3.63, 3.8) is 0 Å². The molecule has 0 fully saturated rings. The van der Waals surface area contributed by atoms with Gasteiger partial charge in [0.15, 0.2) is 23.0 Å². The first-order chi connectivity index (χ1) is 12.4. The smallest absolute Gasteiger partial charge is 0.421 e. The summed E-state index contributed by atoms with van der Waals surface area (Å²) in [6.45, 7) is 3.41. The van der Waals surface area contributed by atoms with Crippen LogP contribution < -0.4 is 18.9 Å². The summed E-state index contributed by atoms with van der Waals surface area (Å²) >= 11 is 0. The highest BCUT2D eigenvalue weighted by Gasteiger charge is 2.65. The van der Waals surface area contributed by atoms with Crippen LogP contribution in [0.1, 0.15) is 11.1 Å². The van der Waals surface area contributed by atoms with Gasteiger partial charge < -0.3 is 18.9 Å². The van der Waals surface area contributed by atoms with Gasteiger partial charge in [0.1, 0.15) is 0 Å². The van der Waals surface area contributed by atoms with Crippen molar-refractivity contribution in [2.75, 3.05) is 0 Å². The number of alkyl halides is 6. The predicted octanol–water partition coefficient (Wildman–Crippen LogP) is 5.27. The second kappa shape index (κ2) is 6.14. The fourth-order valence-corrected chi connectivity index (χ4v) is 2.23. The zero-order chi connectivity index (χ0) is 20.0. The van der Waals surface area contributed by atoms with E-state index >= 15 is 0 Å². The van der Waals surface area contributed by atoms with Crippen LogP contribution in [-0.2, 0) is 0 Å². The lowest BCUT2D eigenvalue weighted by Crippen LogP contribution is -2.52. The highest BCUT2D eigenvalue weighted by atomic mass is 19.3. The third-order valence-corrected chi connectivity index (χ3v) is 3.47. The van der Waals surface area contributed by atoms with Gasteiger partial charge in [-0.1, -0.05) is 12.1 Å². The molecule has 0 amide bonds. The van der Waals surface area contributed by atoms with Crippen molar-refractivity contribution in [2.45, 2.75) is 32.4 Å². The number of hydrogen-bond donors (Lipinski definition) is 0. The average Bonchev–Trinajstić information content (AvgIpc) is 2.82. The van der Waals surface area contributed by atoms with Crippen LogP contribution in [0.4, 0.5) is 26.3 Å². The van der Waals surface area contributed by atoms with E-state index in [1.807, 2.05) is 0 Å². The Balaban J connectivity index is 0.000000159. The molecule has 0 saturated carbocycles. The number of hydrogen-bond acceptors (Lipinski definition) is 4. The quantitative estimate of drug-likeness (QED) is 0.571. The van der Waals surface area contributed by atoms with E-state index < -0.39 is 24.3 Å². The Morgan fingerprint density at radius 2 is 0.926 bits per heavy atom. The molecule has 4 nitrogen and oxygen atoms in total. The third kappa shape index (κ3) is 3.83. The molecule has 146 valence electrons. The first-order valence-electron chi connectivity index (χ1n) is 7.49. The van der Waals surface area contributed by atoms with Gasteiger partial charge in [-0.15, -0.1) is 8.78 Å². The molecule has 0 unspecified atom stereocenters. The van der Waals surface area contributed by atoms with E-state index in [1.165, 1.54) is 24.3 Å². The Hall–Kier alpha value is -2.78. The summed E-state index contributed by atoms with van der Waals surface area (Å²) in [5, 5.41) is 0. The van der Waals surface area contributed by atoms with E-state index in [-0.39, 0.29) is 17.2 Å². The molecule has 0 spiro atoms. The van der Waals surface area contributed by atoms with Crippen LogP contribution in [0.3, 0.4) is 0 Å². The zero-order valence-corrected chi connectivity index (χ0v) is 13.9. The fourth-order valence-electron chi connectivity index (χ4n) is 2.23. The van der Waals surface area contributed by atoms with Crippen molar-refractivity contribution >= 4 is 0 Å². The highest BCUT2D eigenvalue weighted by molar-refractivity contribution is 5.45. The second-order valence-electron chi connectivity index (χ2n) is 5.81. The molecule has 0 atom stereocenters. The monoisotopic (exact) mass is 394 g/mol. The Kier molecular flexibility index (Phi) is 4.32. The van der Waals surface area contributed by atoms with Crippen molar-refractivity contribution in [1.29, 1.82) is 0 Å². The number of benzene rings is 2.